The number of rotatable bonds is 2. The first-order valence-corrected chi connectivity index (χ1v) is 9.91. The van der Waals surface area contributed by atoms with Gasteiger partial charge in [-0.25, -0.2) is 9.67 Å². The molecule has 1 amide bonds. The van der Waals surface area contributed by atoms with Gasteiger partial charge in [-0.2, -0.15) is 5.10 Å². The van der Waals surface area contributed by atoms with Crippen molar-refractivity contribution in [1.29, 1.82) is 0 Å². The van der Waals surface area contributed by atoms with Crippen LogP contribution in [0.4, 0.5) is 0 Å². The van der Waals surface area contributed by atoms with Crippen molar-refractivity contribution < 1.29 is 9.53 Å². The molecule has 2 aromatic heterocycles. The Hall–Kier alpha value is -1.95. The van der Waals surface area contributed by atoms with Gasteiger partial charge in [0.2, 0.25) is 0 Å². The zero-order valence-corrected chi connectivity index (χ0v) is 17.3. The molecule has 2 aromatic rings. The van der Waals surface area contributed by atoms with Crippen LogP contribution in [0.3, 0.4) is 0 Å². The summed E-state index contributed by atoms with van der Waals surface area (Å²) >= 11 is 0. The number of pyridine rings is 1. The largest absolute Gasteiger partial charge is 0.372 e. The molecule has 6 heteroatoms. The molecule has 6 nitrogen and oxygen atoms in total. The minimum atomic E-state index is -0.315. The van der Waals surface area contributed by atoms with Gasteiger partial charge >= 0.3 is 0 Å². The lowest BCUT2D eigenvalue weighted by atomic mass is 10.0. The number of carbonyl (C=O) groups excluding carboxylic acids is 1. The molecule has 0 unspecified atom stereocenters. The summed E-state index contributed by atoms with van der Waals surface area (Å²) in [5, 5.41) is 5.65. The maximum absolute atomic E-state index is 13.5. The van der Waals surface area contributed by atoms with Crippen molar-refractivity contribution in [3.05, 3.63) is 23.0 Å². The van der Waals surface area contributed by atoms with E-state index in [1.165, 1.54) is 0 Å². The number of morpholine rings is 1. The summed E-state index contributed by atoms with van der Waals surface area (Å²) in [7, 11) is 0. The number of hydrogen-bond acceptors (Lipinski definition) is 4. The van der Waals surface area contributed by atoms with Crippen molar-refractivity contribution in [2.45, 2.75) is 71.4 Å². The smallest absolute Gasteiger partial charge is 0.254 e. The highest BCUT2D eigenvalue weighted by molar-refractivity contribution is 6.06. The normalized spacial score (nSPS) is 20.3. The predicted molar refractivity (Wildman–Crippen MR) is 105 cm³/mol. The van der Waals surface area contributed by atoms with Gasteiger partial charge in [0.05, 0.1) is 34.4 Å². The highest BCUT2D eigenvalue weighted by atomic mass is 16.5. The highest BCUT2D eigenvalue weighted by Crippen LogP contribution is 2.41. The Bertz CT molecular complexity index is 903. The molecule has 3 heterocycles. The van der Waals surface area contributed by atoms with Gasteiger partial charge in [-0.05, 0) is 60.5 Å². The molecule has 0 N–H and O–H groups in total. The van der Waals surface area contributed by atoms with Gasteiger partial charge in [0.1, 0.15) is 0 Å². The van der Waals surface area contributed by atoms with E-state index in [2.05, 4.69) is 20.8 Å². The molecule has 0 aromatic carbocycles. The van der Waals surface area contributed by atoms with Gasteiger partial charge in [0.15, 0.2) is 5.65 Å². The zero-order chi connectivity index (χ0) is 19.6. The first kappa shape index (κ1) is 18.4. The molecule has 2 fully saturated rings. The molecule has 0 atom stereocenters. The van der Waals surface area contributed by atoms with Crippen LogP contribution in [0.5, 0.6) is 0 Å². The molecule has 2 aliphatic rings. The summed E-state index contributed by atoms with van der Waals surface area (Å²) < 4.78 is 7.77. The lowest BCUT2D eigenvalue weighted by Crippen LogP contribution is -2.50. The molecule has 4 rings (SSSR count). The number of fused-ring (bicyclic) bond motifs is 1. The Balaban J connectivity index is 1.86. The predicted octanol–water partition coefficient (Wildman–Crippen LogP) is 3.62. The van der Waals surface area contributed by atoms with Crippen LogP contribution in [0, 0.1) is 6.92 Å². The van der Waals surface area contributed by atoms with Crippen LogP contribution in [-0.4, -0.2) is 50.9 Å². The van der Waals surface area contributed by atoms with Crippen molar-refractivity contribution in [2.75, 3.05) is 19.7 Å². The molecule has 1 saturated carbocycles. The Morgan fingerprint density at radius 1 is 1.30 bits per heavy atom. The van der Waals surface area contributed by atoms with Crippen molar-refractivity contribution >= 4 is 16.9 Å². The first-order chi connectivity index (χ1) is 12.6. The van der Waals surface area contributed by atoms with Gasteiger partial charge in [-0.3, -0.25) is 4.79 Å². The van der Waals surface area contributed by atoms with Crippen LogP contribution in [0.2, 0.25) is 0 Å². The third kappa shape index (κ3) is 3.35. The van der Waals surface area contributed by atoms with Crippen molar-refractivity contribution in [3.63, 3.8) is 0 Å². The maximum atomic E-state index is 13.5. The number of carbonyl (C=O) groups is 1. The molecule has 0 bridgehead atoms. The van der Waals surface area contributed by atoms with Crippen molar-refractivity contribution in [3.8, 4) is 0 Å². The molecule has 146 valence electrons. The Morgan fingerprint density at radius 3 is 2.59 bits per heavy atom. The van der Waals surface area contributed by atoms with Crippen LogP contribution >= 0.6 is 0 Å². The van der Waals surface area contributed by atoms with Gasteiger partial charge in [-0.1, -0.05) is 0 Å². The molecule has 0 spiro atoms. The fraction of sp³-hybridized carbons (Fsp3) is 0.667. The molecule has 1 aliphatic carbocycles. The van der Waals surface area contributed by atoms with Crippen LogP contribution in [-0.2, 0) is 10.3 Å². The van der Waals surface area contributed by atoms with E-state index < -0.39 is 0 Å². The topological polar surface area (TPSA) is 60.2 Å². The zero-order valence-electron chi connectivity index (χ0n) is 17.3. The number of aromatic nitrogens is 3. The SMILES string of the molecule is Cc1nn(C(C)(C)C)c2nc(C3CC3)cc(C(=O)N3CCOC(C)(C)C3)c12. The third-order valence-corrected chi connectivity index (χ3v) is 5.41. The van der Waals surface area contributed by atoms with Crippen molar-refractivity contribution in [1.82, 2.24) is 19.7 Å². The Kier molecular flexibility index (Phi) is 4.11. The average Bonchev–Trinajstić information content (AvgIpc) is 3.36. The first-order valence-electron chi connectivity index (χ1n) is 9.91. The van der Waals surface area contributed by atoms with E-state index in [1.807, 2.05) is 36.4 Å². The second-order valence-corrected chi connectivity index (χ2v) is 9.57. The molecular formula is C21H30N4O2. The minimum absolute atomic E-state index is 0.0669. The summed E-state index contributed by atoms with van der Waals surface area (Å²) in [6.07, 6.45) is 2.30. The molecule has 0 radical (unpaired) electrons. The second-order valence-electron chi connectivity index (χ2n) is 9.57. The molecule has 27 heavy (non-hydrogen) atoms. The lowest BCUT2D eigenvalue weighted by molar-refractivity contribution is -0.0763. The number of ether oxygens (including phenoxy) is 1. The maximum Gasteiger partial charge on any atom is 0.254 e. The highest BCUT2D eigenvalue weighted by Gasteiger charge is 2.34. The quantitative estimate of drug-likeness (QED) is 0.810. The fourth-order valence-corrected chi connectivity index (χ4v) is 3.89. The lowest BCUT2D eigenvalue weighted by Gasteiger charge is -2.38. The van der Waals surface area contributed by atoms with E-state index in [9.17, 15) is 4.79 Å². The monoisotopic (exact) mass is 370 g/mol. The molecular weight excluding hydrogens is 340 g/mol. The van der Waals surface area contributed by atoms with Crippen LogP contribution in [0.25, 0.3) is 11.0 Å². The van der Waals surface area contributed by atoms with Crippen LogP contribution in [0.1, 0.15) is 75.1 Å². The number of aryl methyl sites for hydroxylation is 1. The van der Waals surface area contributed by atoms with Crippen LogP contribution in [0.15, 0.2) is 6.07 Å². The number of amides is 1. The number of hydrogen-bond donors (Lipinski definition) is 0. The minimum Gasteiger partial charge on any atom is -0.372 e. The van der Waals surface area contributed by atoms with Gasteiger partial charge in [-0.15, -0.1) is 0 Å². The van der Waals surface area contributed by atoms with Gasteiger partial charge in [0.25, 0.3) is 5.91 Å². The second kappa shape index (κ2) is 6.03. The summed E-state index contributed by atoms with van der Waals surface area (Å²) in [6.45, 7) is 14.2. The van der Waals surface area contributed by atoms with Gasteiger partial charge in [0, 0.05) is 24.7 Å². The molecule has 1 saturated heterocycles. The van der Waals surface area contributed by atoms with E-state index in [4.69, 9.17) is 14.8 Å². The summed E-state index contributed by atoms with van der Waals surface area (Å²) in [4.78, 5) is 20.4. The van der Waals surface area contributed by atoms with E-state index in [-0.39, 0.29) is 17.0 Å². The van der Waals surface area contributed by atoms with Gasteiger partial charge < -0.3 is 9.64 Å². The Morgan fingerprint density at radius 2 is 2.00 bits per heavy atom. The Labute approximate surface area is 160 Å². The van der Waals surface area contributed by atoms with E-state index in [1.54, 1.807) is 0 Å². The average molecular weight is 370 g/mol. The summed E-state index contributed by atoms with van der Waals surface area (Å²) in [5.74, 6) is 0.544. The van der Waals surface area contributed by atoms with Crippen molar-refractivity contribution in [2.24, 2.45) is 0 Å². The third-order valence-electron chi connectivity index (χ3n) is 5.41. The van der Waals surface area contributed by atoms with Crippen LogP contribution < -0.4 is 0 Å². The van der Waals surface area contributed by atoms with E-state index in [0.29, 0.717) is 25.6 Å². The summed E-state index contributed by atoms with van der Waals surface area (Å²) in [6, 6.07) is 2.02. The summed E-state index contributed by atoms with van der Waals surface area (Å²) in [5.41, 5.74) is 2.97. The molecule has 1 aliphatic heterocycles. The fourth-order valence-electron chi connectivity index (χ4n) is 3.89. The standard InChI is InChI=1S/C21H30N4O2/c1-13-17-15(19(26)24-9-10-27-21(5,6)12-24)11-16(14-7-8-14)22-18(17)25(23-13)20(2,3)4/h11,14H,7-10,12H2,1-6H3. The van der Waals surface area contributed by atoms with E-state index >= 15 is 0 Å². The number of nitrogens with zero attached hydrogens (tertiary/aromatic N) is 4. The van der Waals surface area contributed by atoms with E-state index in [0.717, 1.165) is 40.8 Å².